The van der Waals surface area contributed by atoms with E-state index in [0.717, 1.165) is 5.56 Å². The molecule has 0 unspecified atom stereocenters. The van der Waals surface area contributed by atoms with Gasteiger partial charge in [0.15, 0.2) is 4.83 Å². The lowest BCUT2D eigenvalue weighted by Gasteiger charge is -2.15. The number of ether oxygens (including phenoxy) is 1. The van der Waals surface area contributed by atoms with Crippen molar-refractivity contribution in [2.24, 2.45) is 0 Å². The Balaban J connectivity index is 1.52. The first kappa shape index (κ1) is 15.7. The van der Waals surface area contributed by atoms with Crippen LogP contribution in [0.1, 0.15) is 15.4 Å². The molecule has 0 amide bonds. The Hall–Kier alpha value is -3.58. The van der Waals surface area contributed by atoms with Crippen LogP contribution in [0.25, 0.3) is 28.1 Å². The Kier molecular flexibility index (Phi) is 3.48. The summed E-state index contributed by atoms with van der Waals surface area (Å²) in [5.74, 6) is -0.326. The lowest BCUT2D eigenvalue weighted by Crippen LogP contribution is -2.24. The van der Waals surface area contributed by atoms with E-state index in [2.05, 4.69) is 9.97 Å². The summed E-state index contributed by atoms with van der Waals surface area (Å²) in [5.41, 5.74) is 1.51. The zero-order valence-corrected chi connectivity index (χ0v) is 14.5. The highest BCUT2D eigenvalue weighted by atomic mass is 32.1. The number of nitrogens with zero attached hydrogens (tertiary/aromatic N) is 2. The van der Waals surface area contributed by atoms with Crippen molar-refractivity contribution < 1.29 is 18.7 Å². The van der Waals surface area contributed by atoms with Crippen molar-refractivity contribution in [3.05, 3.63) is 70.7 Å². The molecule has 6 nitrogen and oxygen atoms in total. The molecule has 0 fully saturated rings. The normalized spacial score (nSPS) is 15.2. The van der Waals surface area contributed by atoms with E-state index in [4.69, 9.17) is 9.15 Å². The zero-order valence-electron chi connectivity index (χ0n) is 13.7. The highest BCUT2D eigenvalue weighted by Gasteiger charge is 2.30. The molecule has 0 saturated heterocycles. The standard InChI is InChI=1S/C20H10N2O4S/c23-16-12-8-4-5-9-14(12)25-20(24)13(16)10-15-21-18-19(27-15)22-17(26-18)11-6-2-1-3-7-11/h1-10H/b13-10-. The Labute approximate surface area is 156 Å². The number of fused-ring (bicyclic) bond motifs is 2. The predicted octanol–water partition coefficient (Wildman–Crippen LogP) is 4.14. The molecular formula is C20H10N2O4S. The average molecular weight is 374 g/mol. The average Bonchev–Trinajstić information content (AvgIpc) is 3.24. The third-order valence-corrected chi connectivity index (χ3v) is 4.96. The second kappa shape index (κ2) is 6.00. The lowest BCUT2D eigenvalue weighted by atomic mass is 10.00. The molecule has 5 rings (SSSR count). The molecule has 0 saturated carbocycles. The minimum absolute atomic E-state index is 0.0617. The van der Waals surface area contributed by atoms with E-state index in [0.29, 0.717) is 27.0 Å². The van der Waals surface area contributed by atoms with E-state index in [9.17, 15) is 9.59 Å². The summed E-state index contributed by atoms with van der Waals surface area (Å²) in [6.45, 7) is 0. The molecule has 0 radical (unpaired) electrons. The number of hydrogen-bond acceptors (Lipinski definition) is 7. The van der Waals surface area contributed by atoms with Crippen LogP contribution in [-0.4, -0.2) is 21.7 Å². The summed E-state index contributed by atoms with van der Waals surface area (Å²) in [7, 11) is 0. The largest absolute Gasteiger partial charge is 0.422 e. The molecule has 1 aliphatic heterocycles. The van der Waals surface area contributed by atoms with E-state index in [1.807, 2.05) is 30.3 Å². The number of carbonyl (C=O) groups excluding carboxylic acids is 2. The maximum atomic E-state index is 12.6. The van der Waals surface area contributed by atoms with Gasteiger partial charge in [-0.3, -0.25) is 4.79 Å². The number of hydrogen-bond donors (Lipinski definition) is 0. The number of carbonyl (C=O) groups is 2. The van der Waals surface area contributed by atoms with Crippen molar-refractivity contribution in [1.82, 2.24) is 9.97 Å². The second-order valence-corrected chi connectivity index (χ2v) is 6.83. The number of oxazole rings is 1. The zero-order chi connectivity index (χ0) is 18.4. The maximum absolute atomic E-state index is 12.6. The molecule has 1 aliphatic rings. The van der Waals surface area contributed by atoms with Gasteiger partial charge in [0.05, 0.1) is 5.56 Å². The van der Waals surface area contributed by atoms with Gasteiger partial charge in [-0.1, -0.05) is 41.7 Å². The molecule has 4 aromatic rings. The molecule has 7 heteroatoms. The molecule has 0 spiro atoms. The topological polar surface area (TPSA) is 82.3 Å². The van der Waals surface area contributed by atoms with Gasteiger partial charge in [-0.25, -0.2) is 4.79 Å². The number of Topliss-reactive ketones (excluding diaryl/α,β-unsaturated/α-hetero) is 1. The van der Waals surface area contributed by atoms with Crippen molar-refractivity contribution in [1.29, 1.82) is 0 Å². The Bertz CT molecular complexity index is 1210. The van der Waals surface area contributed by atoms with Crippen LogP contribution in [-0.2, 0) is 4.79 Å². The first-order valence-electron chi connectivity index (χ1n) is 8.09. The number of thiazole rings is 1. The van der Waals surface area contributed by atoms with Gasteiger partial charge in [0.1, 0.15) is 16.3 Å². The highest BCUT2D eigenvalue weighted by Crippen LogP contribution is 2.31. The number of para-hydroxylation sites is 1. The summed E-state index contributed by atoms with van der Waals surface area (Å²) in [6.07, 6.45) is 1.42. The summed E-state index contributed by atoms with van der Waals surface area (Å²) in [6, 6.07) is 16.1. The second-order valence-electron chi connectivity index (χ2n) is 5.82. The van der Waals surface area contributed by atoms with Gasteiger partial charge in [-0.05, 0) is 30.3 Å². The predicted molar refractivity (Wildman–Crippen MR) is 99.5 cm³/mol. The molecule has 0 atom stereocenters. The summed E-state index contributed by atoms with van der Waals surface area (Å²) in [5, 5.41) is 0.454. The fourth-order valence-electron chi connectivity index (χ4n) is 2.81. The number of esters is 1. The van der Waals surface area contributed by atoms with Gasteiger partial charge in [-0.2, -0.15) is 9.97 Å². The highest BCUT2D eigenvalue weighted by molar-refractivity contribution is 7.18. The summed E-state index contributed by atoms with van der Waals surface area (Å²) in [4.78, 5) is 34.1. The first-order valence-corrected chi connectivity index (χ1v) is 8.91. The van der Waals surface area contributed by atoms with Crippen LogP contribution in [0, 0.1) is 0 Å². The van der Waals surface area contributed by atoms with Crippen molar-refractivity contribution in [3.63, 3.8) is 0 Å². The van der Waals surface area contributed by atoms with Crippen LogP contribution in [0.15, 0.2) is 64.6 Å². The quantitative estimate of drug-likeness (QED) is 0.227. The maximum Gasteiger partial charge on any atom is 0.347 e. The summed E-state index contributed by atoms with van der Waals surface area (Å²) < 4.78 is 10.9. The van der Waals surface area contributed by atoms with Crippen LogP contribution < -0.4 is 4.74 Å². The van der Waals surface area contributed by atoms with Gasteiger partial charge in [0, 0.05) is 5.56 Å². The van der Waals surface area contributed by atoms with Crippen molar-refractivity contribution >= 4 is 39.7 Å². The van der Waals surface area contributed by atoms with Crippen molar-refractivity contribution in [2.45, 2.75) is 0 Å². The Morgan fingerprint density at radius 2 is 1.70 bits per heavy atom. The minimum atomic E-state index is -0.691. The van der Waals surface area contributed by atoms with E-state index in [1.165, 1.54) is 17.4 Å². The Morgan fingerprint density at radius 3 is 2.52 bits per heavy atom. The van der Waals surface area contributed by atoms with Gasteiger partial charge in [0.25, 0.3) is 5.71 Å². The van der Waals surface area contributed by atoms with Crippen LogP contribution >= 0.6 is 11.3 Å². The number of aromatic nitrogens is 2. The third kappa shape index (κ3) is 2.65. The lowest BCUT2D eigenvalue weighted by molar-refractivity contribution is -0.130. The van der Waals surface area contributed by atoms with E-state index in [1.54, 1.807) is 24.3 Å². The molecular weight excluding hydrogens is 364 g/mol. The van der Waals surface area contributed by atoms with E-state index < -0.39 is 5.97 Å². The van der Waals surface area contributed by atoms with Crippen LogP contribution in [0.5, 0.6) is 5.75 Å². The van der Waals surface area contributed by atoms with Crippen LogP contribution in [0.4, 0.5) is 0 Å². The summed E-state index contributed by atoms with van der Waals surface area (Å²) >= 11 is 1.24. The number of rotatable bonds is 2. The minimum Gasteiger partial charge on any atom is -0.422 e. The third-order valence-electron chi connectivity index (χ3n) is 4.08. The number of ketones is 1. The number of benzene rings is 2. The molecule has 0 aliphatic carbocycles. The Morgan fingerprint density at radius 1 is 0.926 bits per heavy atom. The van der Waals surface area contributed by atoms with Crippen molar-refractivity contribution in [3.8, 4) is 17.2 Å². The van der Waals surface area contributed by atoms with Gasteiger partial charge in [0.2, 0.25) is 11.7 Å². The molecule has 130 valence electrons. The van der Waals surface area contributed by atoms with E-state index >= 15 is 0 Å². The molecule has 2 aromatic carbocycles. The van der Waals surface area contributed by atoms with Crippen LogP contribution in [0.3, 0.4) is 0 Å². The fraction of sp³-hybridized carbons (Fsp3) is 0. The molecule has 2 aromatic heterocycles. The first-order chi connectivity index (χ1) is 13.2. The van der Waals surface area contributed by atoms with Gasteiger partial charge >= 0.3 is 5.97 Å². The van der Waals surface area contributed by atoms with Gasteiger partial charge < -0.3 is 9.15 Å². The van der Waals surface area contributed by atoms with E-state index in [-0.39, 0.29) is 17.1 Å². The van der Waals surface area contributed by atoms with Crippen LogP contribution in [0.2, 0.25) is 0 Å². The molecule has 0 N–H and O–H groups in total. The molecule has 27 heavy (non-hydrogen) atoms. The monoisotopic (exact) mass is 374 g/mol. The SMILES string of the molecule is O=C1Oc2ccccc2C(=O)/C1=C/c1nc2oc(-c3ccccc3)nc2s1. The molecule has 0 bridgehead atoms. The smallest absolute Gasteiger partial charge is 0.347 e. The molecule has 3 heterocycles. The van der Waals surface area contributed by atoms with Gasteiger partial charge in [-0.15, -0.1) is 0 Å². The van der Waals surface area contributed by atoms with Crippen molar-refractivity contribution in [2.75, 3.05) is 0 Å². The fourth-order valence-corrected chi connectivity index (χ4v) is 3.61.